The summed E-state index contributed by atoms with van der Waals surface area (Å²) < 4.78 is 0. The second kappa shape index (κ2) is 11.8. The Hall–Kier alpha value is -2.15. The van der Waals surface area contributed by atoms with Crippen LogP contribution in [0.2, 0.25) is 0 Å². The van der Waals surface area contributed by atoms with E-state index >= 15 is 0 Å². The van der Waals surface area contributed by atoms with E-state index in [1.807, 2.05) is 42.2 Å². The Morgan fingerprint density at radius 3 is 2.52 bits per heavy atom. The lowest BCUT2D eigenvalue weighted by Gasteiger charge is -2.28. The largest absolute Gasteiger partial charge is 0.340 e. The first-order valence-corrected chi connectivity index (χ1v) is 9.34. The number of halogens is 2. The van der Waals surface area contributed by atoms with Crippen LogP contribution in [0.4, 0.5) is 0 Å². The van der Waals surface area contributed by atoms with Gasteiger partial charge in [0, 0.05) is 31.4 Å². The summed E-state index contributed by atoms with van der Waals surface area (Å²) in [5.41, 5.74) is 7.25. The van der Waals surface area contributed by atoms with Crippen molar-refractivity contribution in [2.45, 2.75) is 31.8 Å². The van der Waals surface area contributed by atoms with E-state index in [-0.39, 0.29) is 42.7 Å². The van der Waals surface area contributed by atoms with E-state index in [0.717, 1.165) is 12.0 Å². The van der Waals surface area contributed by atoms with Gasteiger partial charge in [0.25, 0.3) is 5.91 Å². The summed E-state index contributed by atoms with van der Waals surface area (Å²) in [5.74, 6) is -0.0329. The van der Waals surface area contributed by atoms with E-state index in [1.54, 1.807) is 18.3 Å². The lowest BCUT2D eigenvalue weighted by Crippen LogP contribution is -2.50. The number of nitrogens with zero attached hydrogens (tertiary/aromatic N) is 2. The number of amides is 2. The van der Waals surface area contributed by atoms with Gasteiger partial charge >= 0.3 is 0 Å². The van der Waals surface area contributed by atoms with Crippen molar-refractivity contribution in [1.82, 2.24) is 15.2 Å². The van der Waals surface area contributed by atoms with Gasteiger partial charge in [-0.05, 0) is 43.5 Å². The molecule has 3 atom stereocenters. The number of rotatable bonds is 6. The molecule has 0 radical (unpaired) electrons. The van der Waals surface area contributed by atoms with E-state index < -0.39 is 6.04 Å². The molecule has 1 aromatic carbocycles. The average molecular weight is 439 g/mol. The highest BCUT2D eigenvalue weighted by atomic mass is 35.5. The first-order chi connectivity index (χ1) is 13.1. The molecule has 2 amide bonds. The smallest absolute Gasteiger partial charge is 0.253 e. The molecule has 1 aromatic heterocycles. The van der Waals surface area contributed by atoms with Gasteiger partial charge in [-0.15, -0.1) is 24.8 Å². The van der Waals surface area contributed by atoms with Gasteiger partial charge in [0.15, 0.2) is 0 Å². The summed E-state index contributed by atoms with van der Waals surface area (Å²) in [4.78, 5) is 31.7. The molecule has 0 spiro atoms. The van der Waals surface area contributed by atoms with Crippen molar-refractivity contribution in [1.29, 1.82) is 0 Å². The highest BCUT2D eigenvalue weighted by molar-refractivity contribution is 5.97. The molecular weight excluding hydrogens is 411 g/mol. The zero-order chi connectivity index (χ0) is 19.2. The van der Waals surface area contributed by atoms with Gasteiger partial charge in [-0.2, -0.15) is 0 Å². The van der Waals surface area contributed by atoms with E-state index in [1.165, 1.54) is 6.20 Å². The number of carbonyl (C=O) groups excluding carboxylic acids is 2. The second-order valence-corrected chi connectivity index (χ2v) is 7.13. The number of benzene rings is 1. The lowest BCUT2D eigenvalue weighted by molar-refractivity contribution is -0.133. The van der Waals surface area contributed by atoms with Gasteiger partial charge in [0.05, 0.1) is 5.56 Å². The number of nitrogens with one attached hydrogen (secondary N) is 1. The zero-order valence-electron chi connectivity index (χ0n) is 16.4. The van der Waals surface area contributed by atoms with Gasteiger partial charge in [-0.25, -0.2) is 0 Å². The number of carbonyl (C=O) groups is 2. The Balaban J connectivity index is 0.00000210. The number of pyridine rings is 1. The topological polar surface area (TPSA) is 88.3 Å². The Labute approximate surface area is 184 Å². The molecule has 2 aromatic rings. The molecular formula is C21H28Cl2N4O2. The monoisotopic (exact) mass is 438 g/mol. The fourth-order valence-electron chi connectivity index (χ4n) is 3.61. The summed E-state index contributed by atoms with van der Waals surface area (Å²) in [6.07, 6.45) is 4.46. The third-order valence-electron chi connectivity index (χ3n) is 5.09. The minimum atomic E-state index is -0.626. The Morgan fingerprint density at radius 1 is 1.21 bits per heavy atom. The molecule has 158 valence electrons. The predicted octanol–water partition coefficient (Wildman–Crippen LogP) is 2.46. The Bertz CT molecular complexity index is 777. The van der Waals surface area contributed by atoms with Crippen LogP contribution >= 0.6 is 24.8 Å². The van der Waals surface area contributed by atoms with Crippen molar-refractivity contribution in [3.8, 4) is 0 Å². The molecule has 3 rings (SSSR count). The molecule has 29 heavy (non-hydrogen) atoms. The Kier molecular flexibility index (Phi) is 10.1. The number of aromatic nitrogens is 1. The van der Waals surface area contributed by atoms with Crippen LogP contribution in [-0.4, -0.2) is 46.9 Å². The third kappa shape index (κ3) is 6.42. The summed E-state index contributed by atoms with van der Waals surface area (Å²) in [7, 11) is 0. The quantitative estimate of drug-likeness (QED) is 0.724. The summed E-state index contributed by atoms with van der Waals surface area (Å²) in [5, 5.41) is 2.91. The van der Waals surface area contributed by atoms with Crippen LogP contribution in [-0.2, 0) is 11.2 Å². The molecule has 0 aliphatic carbocycles. The molecule has 0 saturated carbocycles. The normalized spacial score (nSPS) is 18.9. The molecule has 6 nitrogen and oxygen atoms in total. The molecule has 3 N–H and O–H groups in total. The van der Waals surface area contributed by atoms with Crippen molar-refractivity contribution in [3.63, 3.8) is 0 Å². The first kappa shape index (κ1) is 24.9. The van der Waals surface area contributed by atoms with E-state index in [4.69, 9.17) is 5.73 Å². The zero-order valence-corrected chi connectivity index (χ0v) is 18.0. The molecule has 2 heterocycles. The van der Waals surface area contributed by atoms with Crippen LogP contribution in [0.25, 0.3) is 0 Å². The van der Waals surface area contributed by atoms with Crippen LogP contribution in [0.5, 0.6) is 0 Å². The van der Waals surface area contributed by atoms with Crippen molar-refractivity contribution >= 4 is 36.6 Å². The molecule has 1 saturated heterocycles. The van der Waals surface area contributed by atoms with Gasteiger partial charge in [0.1, 0.15) is 6.04 Å². The van der Waals surface area contributed by atoms with Crippen LogP contribution < -0.4 is 11.1 Å². The van der Waals surface area contributed by atoms with Gasteiger partial charge in [-0.1, -0.05) is 30.3 Å². The summed E-state index contributed by atoms with van der Waals surface area (Å²) in [6.45, 7) is 3.25. The highest BCUT2D eigenvalue weighted by Gasteiger charge is 2.35. The molecule has 1 fully saturated rings. The maximum absolute atomic E-state index is 13.2. The maximum Gasteiger partial charge on any atom is 0.253 e. The number of hydrogen-bond acceptors (Lipinski definition) is 4. The molecule has 0 bridgehead atoms. The summed E-state index contributed by atoms with van der Waals surface area (Å²) >= 11 is 0. The van der Waals surface area contributed by atoms with Gasteiger partial charge in [-0.3, -0.25) is 14.6 Å². The second-order valence-electron chi connectivity index (χ2n) is 7.13. The molecule has 3 unspecified atom stereocenters. The molecule has 1 aliphatic rings. The number of likely N-dealkylation sites (tertiary alicyclic amines) is 1. The van der Waals surface area contributed by atoms with Crippen LogP contribution in [0, 0.1) is 5.92 Å². The third-order valence-corrected chi connectivity index (χ3v) is 5.09. The summed E-state index contributed by atoms with van der Waals surface area (Å²) in [6, 6.07) is 12.6. The fourth-order valence-corrected chi connectivity index (χ4v) is 3.61. The van der Waals surface area contributed by atoms with Crippen molar-refractivity contribution in [2.24, 2.45) is 11.7 Å². The van der Waals surface area contributed by atoms with Gasteiger partial charge in [0.2, 0.25) is 5.91 Å². The van der Waals surface area contributed by atoms with Crippen molar-refractivity contribution in [3.05, 3.63) is 66.0 Å². The van der Waals surface area contributed by atoms with Crippen molar-refractivity contribution < 1.29 is 9.59 Å². The maximum atomic E-state index is 13.2. The lowest BCUT2D eigenvalue weighted by atomic mass is 10.0. The molecule has 1 aliphatic heterocycles. The fraction of sp³-hybridized carbons (Fsp3) is 0.381. The van der Waals surface area contributed by atoms with Crippen LogP contribution in [0.3, 0.4) is 0 Å². The number of hydrogen-bond donors (Lipinski definition) is 2. The van der Waals surface area contributed by atoms with Gasteiger partial charge < -0.3 is 16.0 Å². The standard InChI is InChI=1S/C21H26N4O2.2ClH/c1-15-10-17(12-22)14-25(15)21(27)19(11-16-6-3-2-4-7-16)24-20(26)18-8-5-9-23-13-18;;/h2-9,13,15,17,19H,10-12,14,22H2,1H3,(H,24,26);2*1H. The highest BCUT2D eigenvalue weighted by Crippen LogP contribution is 2.23. The average Bonchev–Trinajstić information content (AvgIpc) is 3.09. The number of nitrogens with two attached hydrogens (primary N) is 1. The van der Waals surface area contributed by atoms with E-state index in [9.17, 15) is 9.59 Å². The Morgan fingerprint density at radius 2 is 1.93 bits per heavy atom. The van der Waals surface area contributed by atoms with Crippen LogP contribution in [0.1, 0.15) is 29.3 Å². The van der Waals surface area contributed by atoms with E-state index in [2.05, 4.69) is 10.3 Å². The van der Waals surface area contributed by atoms with Crippen molar-refractivity contribution in [2.75, 3.05) is 13.1 Å². The minimum absolute atomic E-state index is 0. The molecule has 8 heteroatoms. The predicted molar refractivity (Wildman–Crippen MR) is 118 cm³/mol. The van der Waals surface area contributed by atoms with Crippen LogP contribution in [0.15, 0.2) is 54.9 Å². The minimum Gasteiger partial charge on any atom is -0.340 e. The SMILES string of the molecule is CC1CC(CN)CN1C(=O)C(Cc1ccccc1)NC(=O)c1cccnc1.Cl.Cl. The first-order valence-electron chi connectivity index (χ1n) is 9.34. The van der Waals surface area contributed by atoms with E-state index in [0.29, 0.717) is 31.0 Å².